The molecule has 2 N–H and O–H groups in total. The Hall–Kier alpha value is -2.26. The molecule has 0 saturated carbocycles. The van der Waals surface area contributed by atoms with E-state index >= 15 is 0 Å². The molecule has 2 aromatic rings. The summed E-state index contributed by atoms with van der Waals surface area (Å²) in [5, 5.41) is 20.3. The number of phenols is 1. The number of phenolic OH excluding ortho intramolecular Hbond substituents is 1. The van der Waals surface area contributed by atoms with Crippen LogP contribution in [0, 0.1) is 0 Å². The lowest BCUT2D eigenvalue weighted by molar-refractivity contribution is 0.0549. The van der Waals surface area contributed by atoms with Gasteiger partial charge in [0.25, 0.3) is 0 Å². The number of hydrogen-bond donors (Lipinski definition) is 2. The van der Waals surface area contributed by atoms with Crippen LogP contribution in [0.25, 0.3) is 6.08 Å². The van der Waals surface area contributed by atoms with Crippen LogP contribution in [0.2, 0.25) is 0 Å². The number of allylic oxidation sites excluding steroid dienone is 1. The third-order valence-corrected chi connectivity index (χ3v) is 3.65. The molecule has 0 aliphatic carbocycles. The maximum Gasteiger partial charge on any atom is 0.124 e. The SMILES string of the molecule is C/C=C/c1ccc(OC)c([C@@](C)(O)Cc2ccc(O)cc2)c1. The minimum absolute atomic E-state index is 0.219. The summed E-state index contributed by atoms with van der Waals surface area (Å²) in [6, 6.07) is 12.6. The smallest absolute Gasteiger partial charge is 0.124 e. The molecule has 0 heterocycles. The summed E-state index contributed by atoms with van der Waals surface area (Å²) >= 11 is 0. The van der Waals surface area contributed by atoms with Crippen LogP contribution in [0.5, 0.6) is 11.5 Å². The first-order valence-corrected chi connectivity index (χ1v) is 7.28. The van der Waals surface area contributed by atoms with Crippen LogP contribution in [0.3, 0.4) is 0 Å². The quantitative estimate of drug-likeness (QED) is 0.880. The van der Waals surface area contributed by atoms with Crippen molar-refractivity contribution in [1.82, 2.24) is 0 Å². The van der Waals surface area contributed by atoms with Crippen molar-refractivity contribution in [3.63, 3.8) is 0 Å². The van der Waals surface area contributed by atoms with E-state index in [0.29, 0.717) is 12.2 Å². The van der Waals surface area contributed by atoms with E-state index in [-0.39, 0.29) is 5.75 Å². The normalized spacial score (nSPS) is 14.0. The highest BCUT2D eigenvalue weighted by atomic mass is 16.5. The van der Waals surface area contributed by atoms with Gasteiger partial charge in [0.1, 0.15) is 11.5 Å². The summed E-state index contributed by atoms with van der Waals surface area (Å²) in [6.07, 6.45) is 4.38. The van der Waals surface area contributed by atoms with Gasteiger partial charge in [-0.15, -0.1) is 0 Å². The van der Waals surface area contributed by atoms with Crippen LogP contribution < -0.4 is 4.74 Å². The van der Waals surface area contributed by atoms with Gasteiger partial charge in [-0.2, -0.15) is 0 Å². The third kappa shape index (κ3) is 3.68. The number of aromatic hydroxyl groups is 1. The minimum Gasteiger partial charge on any atom is -0.508 e. The van der Waals surface area contributed by atoms with Gasteiger partial charge in [0.15, 0.2) is 0 Å². The number of aliphatic hydroxyl groups is 1. The highest BCUT2D eigenvalue weighted by Gasteiger charge is 2.27. The Kier molecular flexibility index (Phi) is 4.88. The van der Waals surface area contributed by atoms with Crippen LogP contribution >= 0.6 is 0 Å². The molecule has 116 valence electrons. The van der Waals surface area contributed by atoms with Crippen molar-refractivity contribution in [3.8, 4) is 11.5 Å². The molecule has 2 aromatic carbocycles. The van der Waals surface area contributed by atoms with E-state index < -0.39 is 5.60 Å². The van der Waals surface area contributed by atoms with Gasteiger partial charge in [0, 0.05) is 12.0 Å². The third-order valence-electron chi connectivity index (χ3n) is 3.65. The molecule has 0 saturated heterocycles. The van der Waals surface area contributed by atoms with Crippen molar-refractivity contribution in [2.45, 2.75) is 25.9 Å². The summed E-state index contributed by atoms with van der Waals surface area (Å²) in [7, 11) is 1.60. The second kappa shape index (κ2) is 6.67. The van der Waals surface area contributed by atoms with Gasteiger partial charge >= 0.3 is 0 Å². The van der Waals surface area contributed by atoms with E-state index in [1.807, 2.05) is 49.4 Å². The van der Waals surface area contributed by atoms with E-state index in [1.54, 1.807) is 26.2 Å². The summed E-state index contributed by atoms with van der Waals surface area (Å²) in [5.74, 6) is 0.882. The lowest BCUT2D eigenvalue weighted by Crippen LogP contribution is -2.25. The van der Waals surface area contributed by atoms with Crippen molar-refractivity contribution in [2.75, 3.05) is 7.11 Å². The Balaban J connectivity index is 2.38. The van der Waals surface area contributed by atoms with E-state index in [4.69, 9.17) is 4.74 Å². The Labute approximate surface area is 131 Å². The number of ether oxygens (including phenoxy) is 1. The first-order valence-electron chi connectivity index (χ1n) is 7.28. The van der Waals surface area contributed by atoms with E-state index in [0.717, 1.165) is 16.7 Å². The van der Waals surface area contributed by atoms with Gasteiger partial charge in [0.2, 0.25) is 0 Å². The second-order valence-electron chi connectivity index (χ2n) is 5.58. The fourth-order valence-corrected chi connectivity index (χ4v) is 2.55. The van der Waals surface area contributed by atoms with Crippen LogP contribution in [0.1, 0.15) is 30.5 Å². The largest absolute Gasteiger partial charge is 0.508 e. The zero-order chi connectivity index (χ0) is 16.2. The molecule has 1 atom stereocenters. The molecule has 0 spiro atoms. The second-order valence-corrected chi connectivity index (χ2v) is 5.58. The van der Waals surface area contributed by atoms with Gasteiger partial charge in [-0.1, -0.05) is 30.4 Å². The van der Waals surface area contributed by atoms with E-state index in [9.17, 15) is 10.2 Å². The summed E-state index contributed by atoms with van der Waals surface area (Å²) in [5.41, 5.74) is 1.64. The molecule has 22 heavy (non-hydrogen) atoms. The van der Waals surface area contributed by atoms with Crippen LogP contribution in [0.4, 0.5) is 0 Å². The first kappa shape index (κ1) is 16.1. The number of rotatable bonds is 5. The molecule has 0 fully saturated rings. The minimum atomic E-state index is -1.07. The molecule has 2 rings (SSSR count). The highest BCUT2D eigenvalue weighted by molar-refractivity contribution is 5.54. The van der Waals surface area contributed by atoms with Crippen molar-refractivity contribution >= 4 is 6.08 Å². The van der Waals surface area contributed by atoms with Crippen LogP contribution in [0.15, 0.2) is 48.5 Å². The first-order chi connectivity index (χ1) is 10.5. The van der Waals surface area contributed by atoms with Gasteiger partial charge in [-0.25, -0.2) is 0 Å². The Bertz CT molecular complexity index is 655. The van der Waals surface area contributed by atoms with Crippen molar-refractivity contribution in [1.29, 1.82) is 0 Å². The number of methoxy groups -OCH3 is 1. The van der Waals surface area contributed by atoms with Gasteiger partial charge < -0.3 is 14.9 Å². The summed E-state index contributed by atoms with van der Waals surface area (Å²) in [6.45, 7) is 3.73. The maximum atomic E-state index is 10.9. The predicted molar refractivity (Wildman–Crippen MR) is 89.1 cm³/mol. The molecule has 0 bridgehead atoms. The Morgan fingerprint density at radius 1 is 1.14 bits per heavy atom. The Morgan fingerprint density at radius 2 is 1.82 bits per heavy atom. The molecule has 0 aliphatic rings. The summed E-state index contributed by atoms with van der Waals surface area (Å²) in [4.78, 5) is 0. The summed E-state index contributed by atoms with van der Waals surface area (Å²) < 4.78 is 5.40. The molecule has 0 aromatic heterocycles. The molecule has 0 amide bonds. The van der Waals surface area contributed by atoms with Crippen molar-refractivity contribution in [2.24, 2.45) is 0 Å². The number of hydrogen-bond acceptors (Lipinski definition) is 3. The van der Waals surface area contributed by atoms with Gasteiger partial charge in [-0.3, -0.25) is 0 Å². The fraction of sp³-hybridized carbons (Fsp3) is 0.263. The van der Waals surface area contributed by atoms with E-state index in [1.165, 1.54) is 0 Å². The van der Waals surface area contributed by atoms with Gasteiger partial charge in [-0.05, 0) is 49.2 Å². The topological polar surface area (TPSA) is 49.7 Å². The maximum absolute atomic E-state index is 10.9. The van der Waals surface area contributed by atoms with Crippen LogP contribution in [-0.2, 0) is 12.0 Å². The zero-order valence-corrected chi connectivity index (χ0v) is 13.2. The van der Waals surface area contributed by atoms with Crippen molar-refractivity contribution in [3.05, 3.63) is 65.2 Å². The predicted octanol–water partition coefficient (Wildman–Crippen LogP) is 3.88. The number of benzene rings is 2. The standard InChI is InChI=1S/C19H22O3/c1-4-5-14-8-11-18(22-3)17(12-14)19(2,21)13-15-6-9-16(20)10-7-15/h4-12,20-21H,13H2,1-3H3/b5-4+/t19-/m0/s1. The highest BCUT2D eigenvalue weighted by Crippen LogP contribution is 2.34. The van der Waals surface area contributed by atoms with Crippen molar-refractivity contribution < 1.29 is 14.9 Å². The lowest BCUT2D eigenvalue weighted by Gasteiger charge is -2.26. The molecule has 3 nitrogen and oxygen atoms in total. The molecule has 3 heteroatoms. The Morgan fingerprint density at radius 3 is 2.41 bits per heavy atom. The molecule has 0 radical (unpaired) electrons. The van der Waals surface area contributed by atoms with E-state index in [2.05, 4.69) is 0 Å². The van der Waals surface area contributed by atoms with Crippen LogP contribution in [-0.4, -0.2) is 17.3 Å². The molecular weight excluding hydrogens is 276 g/mol. The average Bonchev–Trinajstić information content (AvgIpc) is 2.50. The monoisotopic (exact) mass is 298 g/mol. The molecular formula is C19H22O3. The molecule has 0 unspecified atom stereocenters. The fourth-order valence-electron chi connectivity index (χ4n) is 2.55. The lowest BCUT2D eigenvalue weighted by atomic mass is 9.87. The zero-order valence-electron chi connectivity index (χ0n) is 13.2. The van der Waals surface area contributed by atoms with Gasteiger partial charge in [0.05, 0.1) is 12.7 Å². The average molecular weight is 298 g/mol. The molecule has 0 aliphatic heterocycles.